The number of aliphatic carboxylic acids is 1. The van der Waals surface area contributed by atoms with Crippen molar-refractivity contribution in [1.29, 1.82) is 0 Å². The first kappa shape index (κ1) is 24.1. The predicted octanol–water partition coefficient (Wildman–Crippen LogP) is 4.76. The molecule has 0 aliphatic heterocycles. The first-order chi connectivity index (χ1) is 14.0. The Morgan fingerprint density at radius 1 is 0.933 bits per heavy atom. The minimum absolute atomic E-state index is 0.273. The smallest absolute Gasteiger partial charge is 0.306 e. The maximum Gasteiger partial charge on any atom is 0.306 e. The molecule has 1 unspecified atom stereocenters. The molecule has 0 bridgehead atoms. The van der Waals surface area contributed by atoms with E-state index < -0.39 is 21.5 Å². The van der Waals surface area contributed by atoms with E-state index in [2.05, 4.69) is 0 Å². The zero-order chi connectivity index (χ0) is 22.4. The average molecular weight is 432 g/mol. The van der Waals surface area contributed by atoms with Crippen LogP contribution in [0, 0.1) is 5.92 Å². The van der Waals surface area contributed by atoms with Crippen LogP contribution in [-0.4, -0.2) is 36.4 Å². The molecule has 0 radical (unpaired) electrons. The van der Waals surface area contributed by atoms with Gasteiger partial charge in [0.1, 0.15) is 0 Å². The summed E-state index contributed by atoms with van der Waals surface area (Å²) in [5.41, 5.74) is 1.67. The molecule has 2 aromatic rings. The molecule has 0 aliphatic rings. The fraction of sp³-hybridized carbons (Fsp3) is 0.458. The lowest BCUT2D eigenvalue weighted by atomic mass is 9.93. The lowest BCUT2D eigenvalue weighted by molar-refractivity contribution is -0.142. The summed E-state index contributed by atoms with van der Waals surface area (Å²) in [4.78, 5) is 11.9. The fourth-order valence-electron chi connectivity index (χ4n) is 3.28. The third-order valence-electron chi connectivity index (χ3n) is 5.52. The number of carboxylic acids is 1. The van der Waals surface area contributed by atoms with Crippen LogP contribution in [0.5, 0.6) is 0 Å². The molecule has 0 saturated heterocycles. The van der Waals surface area contributed by atoms with E-state index in [0.717, 1.165) is 30.4 Å². The van der Waals surface area contributed by atoms with Crippen molar-refractivity contribution in [2.24, 2.45) is 5.92 Å². The van der Waals surface area contributed by atoms with Crippen molar-refractivity contribution in [3.05, 3.63) is 65.7 Å². The van der Waals surface area contributed by atoms with Crippen LogP contribution < -0.4 is 0 Å². The summed E-state index contributed by atoms with van der Waals surface area (Å²) in [6.45, 7) is 5.57. The quantitative estimate of drug-likeness (QED) is 0.588. The summed E-state index contributed by atoms with van der Waals surface area (Å²) < 4.78 is 26.8. The Bertz CT molecular complexity index is 916. The fourth-order valence-corrected chi connectivity index (χ4v) is 4.79. The highest BCUT2D eigenvalue weighted by molar-refractivity contribution is 7.89. The van der Waals surface area contributed by atoms with Crippen molar-refractivity contribution in [2.75, 3.05) is 7.05 Å². The van der Waals surface area contributed by atoms with E-state index in [1.165, 1.54) is 4.31 Å². The number of benzene rings is 2. The van der Waals surface area contributed by atoms with Crippen molar-refractivity contribution in [3.63, 3.8) is 0 Å². The van der Waals surface area contributed by atoms with Crippen LogP contribution in [-0.2, 0) is 27.7 Å². The van der Waals surface area contributed by atoms with Gasteiger partial charge in [-0.15, -0.1) is 0 Å². The third-order valence-corrected chi connectivity index (χ3v) is 7.65. The number of carboxylic acid groups (broad SMARTS) is 1. The van der Waals surface area contributed by atoms with Gasteiger partial charge in [0, 0.05) is 12.6 Å². The van der Waals surface area contributed by atoms with Gasteiger partial charge in [0.25, 0.3) is 0 Å². The number of aryl methyl sites for hydroxylation is 2. The SMILES string of the molecule is CN(C(C)(C)C)S(=O)(=O)c1ccc(CCCC(CCc2ccccc2)C(=O)O)cc1. The molecule has 0 fully saturated rings. The molecule has 1 N–H and O–H groups in total. The van der Waals surface area contributed by atoms with Crippen LogP contribution >= 0.6 is 0 Å². The van der Waals surface area contributed by atoms with Crippen molar-refractivity contribution in [3.8, 4) is 0 Å². The number of carbonyl (C=O) groups is 1. The average Bonchev–Trinajstić information content (AvgIpc) is 2.70. The molecule has 0 aliphatic carbocycles. The Morgan fingerprint density at radius 3 is 2.03 bits per heavy atom. The first-order valence-electron chi connectivity index (χ1n) is 10.4. The summed E-state index contributed by atoms with van der Waals surface area (Å²) in [7, 11) is -1.95. The number of rotatable bonds is 10. The van der Waals surface area contributed by atoms with Crippen LogP contribution in [0.25, 0.3) is 0 Å². The maximum atomic E-state index is 12.7. The summed E-state index contributed by atoms with van der Waals surface area (Å²) in [5.74, 6) is -1.12. The van der Waals surface area contributed by atoms with Gasteiger partial charge in [0.15, 0.2) is 0 Å². The molecule has 1 atom stereocenters. The maximum absolute atomic E-state index is 12.7. The van der Waals surface area contributed by atoms with Crippen LogP contribution in [0.1, 0.15) is 51.2 Å². The van der Waals surface area contributed by atoms with Gasteiger partial charge in [-0.25, -0.2) is 8.42 Å². The summed E-state index contributed by atoms with van der Waals surface area (Å²) in [6.07, 6.45) is 3.46. The normalized spacial score (nSPS) is 13.4. The highest BCUT2D eigenvalue weighted by Crippen LogP contribution is 2.23. The van der Waals surface area contributed by atoms with Gasteiger partial charge < -0.3 is 5.11 Å². The number of nitrogens with zero attached hydrogens (tertiary/aromatic N) is 1. The minimum atomic E-state index is -3.54. The van der Waals surface area contributed by atoms with Crippen molar-refractivity contribution in [1.82, 2.24) is 4.31 Å². The van der Waals surface area contributed by atoms with E-state index in [1.807, 2.05) is 63.2 Å². The molecule has 0 aromatic heterocycles. The summed E-state index contributed by atoms with van der Waals surface area (Å²) in [6, 6.07) is 16.8. The molecule has 2 rings (SSSR count). The van der Waals surface area contributed by atoms with E-state index in [0.29, 0.717) is 12.8 Å². The first-order valence-corrected chi connectivity index (χ1v) is 11.8. The molecule has 2 aromatic carbocycles. The highest BCUT2D eigenvalue weighted by Gasteiger charge is 2.30. The molecule has 5 nitrogen and oxygen atoms in total. The molecule has 6 heteroatoms. The topological polar surface area (TPSA) is 74.7 Å². The van der Waals surface area contributed by atoms with E-state index in [-0.39, 0.29) is 10.8 Å². The second kappa shape index (κ2) is 10.2. The highest BCUT2D eigenvalue weighted by atomic mass is 32.2. The molecular formula is C24H33NO4S. The van der Waals surface area contributed by atoms with Crippen LogP contribution in [0.2, 0.25) is 0 Å². The van der Waals surface area contributed by atoms with Gasteiger partial charge in [0.05, 0.1) is 10.8 Å². The van der Waals surface area contributed by atoms with Crippen LogP contribution in [0.3, 0.4) is 0 Å². The van der Waals surface area contributed by atoms with E-state index in [4.69, 9.17) is 0 Å². The third kappa shape index (κ3) is 6.67. The second-order valence-corrected chi connectivity index (χ2v) is 10.7. The van der Waals surface area contributed by atoms with E-state index in [1.54, 1.807) is 19.2 Å². The van der Waals surface area contributed by atoms with Crippen molar-refractivity contribution >= 4 is 16.0 Å². The van der Waals surface area contributed by atoms with Crippen LogP contribution in [0.15, 0.2) is 59.5 Å². The molecule has 0 saturated carbocycles. The van der Waals surface area contributed by atoms with Gasteiger partial charge in [-0.2, -0.15) is 4.31 Å². The van der Waals surface area contributed by atoms with E-state index >= 15 is 0 Å². The number of hydrogen-bond donors (Lipinski definition) is 1. The van der Waals surface area contributed by atoms with Crippen molar-refractivity contribution in [2.45, 2.75) is 63.3 Å². The molecule has 0 spiro atoms. The second-order valence-electron chi connectivity index (χ2n) is 8.74. The van der Waals surface area contributed by atoms with Gasteiger partial charge in [-0.1, -0.05) is 42.5 Å². The molecule has 0 amide bonds. The predicted molar refractivity (Wildman–Crippen MR) is 120 cm³/mol. The molecule has 30 heavy (non-hydrogen) atoms. The van der Waals surface area contributed by atoms with Gasteiger partial charge in [0.2, 0.25) is 10.0 Å². The Hall–Kier alpha value is -2.18. The van der Waals surface area contributed by atoms with Crippen molar-refractivity contribution < 1.29 is 18.3 Å². The Kier molecular flexibility index (Phi) is 8.21. The Morgan fingerprint density at radius 2 is 1.50 bits per heavy atom. The van der Waals surface area contributed by atoms with E-state index in [9.17, 15) is 18.3 Å². The van der Waals surface area contributed by atoms with Gasteiger partial charge in [-0.05, 0) is 76.1 Å². The molecule has 0 heterocycles. The lowest BCUT2D eigenvalue weighted by Crippen LogP contribution is -2.42. The standard InChI is InChI=1S/C24H33NO4S/c1-24(2,3)25(4)30(28,29)22-17-14-20(15-18-22)11-8-12-21(23(26)27)16-13-19-9-6-5-7-10-19/h5-7,9-10,14-15,17-18,21H,8,11-13,16H2,1-4H3,(H,26,27). The zero-order valence-corrected chi connectivity index (χ0v) is 19.2. The Labute approximate surface area is 180 Å². The largest absolute Gasteiger partial charge is 0.481 e. The van der Waals surface area contributed by atoms with Gasteiger partial charge in [-0.3, -0.25) is 4.79 Å². The lowest BCUT2D eigenvalue weighted by Gasteiger charge is -2.30. The minimum Gasteiger partial charge on any atom is -0.481 e. The zero-order valence-electron chi connectivity index (χ0n) is 18.3. The monoisotopic (exact) mass is 431 g/mol. The van der Waals surface area contributed by atoms with Gasteiger partial charge >= 0.3 is 5.97 Å². The number of hydrogen-bond acceptors (Lipinski definition) is 3. The number of sulfonamides is 1. The summed E-state index contributed by atoms with van der Waals surface area (Å²) in [5, 5.41) is 9.52. The molecular weight excluding hydrogens is 398 g/mol. The van der Waals surface area contributed by atoms with Crippen LogP contribution in [0.4, 0.5) is 0 Å². The Balaban J connectivity index is 1.91. The molecule has 164 valence electrons. The summed E-state index contributed by atoms with van der Waals surface area (Å²) >= 11 is 0.